The smallest absolute Gasteiger partial charge is 0.387 e. The van der Waals surface area contributed by atoms with Crippen LogP contribution in [0.4, 0.5) is 14.5 Å². The van der Waals surface area contributed by atoms with Gasteiger partial charge >= 0.3 is 12.6 Å². The van der Waals surface area contributed by atoms with E-state index in [1.807, 2.05) is 0 Å². The van der Waals surface area contributed by atoms with E-state index < -0.39 is 25.1 Å². The van der Waals surface area contributed by atoms with Crippen molar-refractivity contribution in [1.82, 2.24) is 0 Å². The Bertz CT molecular complexity index is 812. The average molecular weight is 381 g/mol. The summed E-state index contributed by atoms with van der Waals surface area (Å²) >= 11 is 0. The molecule has 0 aromatic heterocycles. The average Bonchev–Trinajstić information content (AvgIpc) is 2.66. The van der Waals surface area contributed by atoms with Crippen molar-refractivity contribution < 1.29 is 37.3 Å². The van der Waals surface area contributed by atoms with Gasteiger partial charge < -0.3 is 24.3 Å². The van der Waals surface area contributed by atoms with Gasteiger partial charge in [0, 0.05) is 0 Å². The van der Waals surface area contributed by atoms with E-state index in [1.165, 1.54) is 26.4 Å². The minimum atomic E-state index is -3.03. The van der Waals surface area contributed by atoms with E-state index in [-0.39, 0.29) is 17.1 Å². The zero-order valence-electron chi connectivity index (χ0n) is 14.5. The molecule has 0 saturated heterocycles. The fourth-order valence-electron chi connectivity index (χ4n) is 2.14. The second kappa shape index (κ2) is 9.37. The van der Waals surface area contributed by atoms with Crippen LogP contribution in [0.25, 0.3) is 0 Å². The maximum absolute atomic E-state index is 12.3. The molecule has 0 heterocycles. The molecule has 0 fully saturated rings. The standard InChI is InChI=1S/C18H17F2NO6/c1-24-13-6-4-3-5-12(13)21-16(22)10-26-17(23)11-7-8-14(27-18(19)20)15(9-11)25-2/h3-9,18H,10H2,1-2H3,(H,21,22). The Hall–Kier alpha value is -3.36. The summed E-state index contributed by atoms with van der Waals surface area (Å²) in [6.07, 6.45) is 0. The van der Waals surface area contributed by atoms with Crippen LogP contribution in [0.15, 0.2) is 42.5 Å². The second-order valence-electron chi connectivity index (χ2n) is 5.07. The Labute approximate surface area is 153 Å². The first kappa shape index (κ1) is 20.0. The summed E-state index contributed by atoms with van der Waals surface area (Å²) in [7, 11) is 2.70. The van der Waals surface area contributed by atoms with Crippen LogP contribution in [0, 0.1) is 0 Å². The number of carbonyl (C=O) groups is 2. The van der Waals surface area contributed by atoms with Crippen LogP contribution < -0.4 is 19.5 Å². The fraction of sp³-hybridized carbons (Fsp3) is 0.222. The molecule has 144 valence electrons. The minimum absolute atomic E-state index is 0.0126. The van der Waals surface area contributed by atoms with Gasteiger partial charge in [0.25, 0.3) is 5.91 Å². The van der Waals surface area contributed by atoms with Crippen molar-refractivity contribution in [1.29, 1.82) is 0 Å². The molecule has 0 bridgehead atoms. The van der Waals surface area contributed by atoms with Crippen molar-refractivity contribution in [2.45, 2.75) is 6.61 Å². The molecule has 1 amide bonds. The third-order valence-corrected chi connectivity index (χ3v) is 3.33. The lowest BCUT2D eigenvalue weighted by atomic mass is 10.2. The largest absolute Gasteiger partial charge is 0.495 e. The zero-order chi connectivity index (χ0) is 19.8. The molecule has 0 unspecified atom stereocenters. The highest BCUT2D eigenvalue weighted by atomic mass is 19.3. The van der Waals surface area contributed by atoms with E-state index in [9.17, 15) is 18.4 Å². The Morgan fingerprint density at radius 2 is 1.70 bits per heavy atom. The first-order chi connectivity index (χ1) is 12.9. The summed E-state index contributed by atoms with van der Waals surface area (Å²) in [5.74, 6) is -1.23. The molecule has 0 aliphatic heterocycles. The highest BCUT2D eigenvalue weighted by molar-refractivity contribution is 5.96. The summed E-state index contributed by atoms with van der Waals surface area (Å²) in [6.45, 7) is -3.58. The lowest BCUT2D eigenvalue weighted by Crippen LogP contribution is -2.21. The number of para-hydroxylation sites is 2. The number of amides is 1. The van der Waals surface area contributed by atoms with Gasteiger partial charge in [0.1, 0.15) is 5.75 Å². The van der Waals surface area contributed by atoms with E-state index in [4.69, 9.17) is 14.2 Å². The van der Waals surface area contributed by atoms with E-state index in [1.54, 1.807) is 24.3 Å². The van der Waals surface area contributed by atoms with Crippen molar-refractivity contribution in [2.75, 3.05) is 26.1 Å². The number of anilines is 1. The number of carbonyl (C=O) groups excluding carboxylic acids is 2. The summed E-state index contributed by atoms with van der Waals surface area (Å²) in [6, 6.07) is 10.3. The Morgan fingerprint density at radius 3 is 2.37 bits per heavy atom. The van der Waals surface area contributed by atoms with E-state index in [0.717, 1.165) is 6.07 Å². The van der Waals surface area contributed by atoms with Crippen LogP contribution >= 0.6 is 0 Å². The highest BCUT2D eigenvalue weighted by Crippen LogP contribution is 2.29. The zero-order valence-corrected chi connectivity index (χ0v) is 14.5. The molecule has 2 rings (SSSR count). The van der Waals surface area contributed by atoms with Gasteiger partial charge in [-0.3, -0.25) is 4.79 Å². The number of rotatable bonds is 8. The molecule has 0 aliphatic rings. The molecule has 2 aromatic rings. The van der Waals surface area contributed by atoms with Gasteiger partial charge in [0.2, 0.25) is 0 Å². The summed E-state index contributed by atoms with van der Waals surface area (Å²) in [4.78, 5) is 24.0. The number of hydrogen-bond acceptors (Lipinski definition) is 6. The first-order valence-electron chi connectivity index (χ1n) is 7.67. The highest BCUT2D eigenvalue weighted by Gasteiger charge is 2.16. The number of esters is 1. The molecule has 1 N–H and O–H groups in total. The number of hydrogen-bond donors (Lipinski definition) is 1. The molecule has 0 radical (unpaired) electrons. The third-order valence-electron chi connectivity index (χ3n) is 3.33. The molecule has 2 aromatic carbocycles. The Kier molecular flexibility index (Phi) is 6.93. The SMILES string of the molecule is COc1ccccc1NC(=O)COC(=O)c1ccc(OC(F)F)c(OC)c1. The molecule has 27 heavy (non-hydrogen) atoms. The number of ether oxygens (including phenoxy) is 4. The lowest BCUT2D eigenvalue weighted by Gasteiger charge is -2.12. The van der Waals surface area contributed by atoms with Gasteiger partial charge in [-0.25, -0.2) is 4.79 Å². The Morgan fingerprint density at radius 1 is 1.00 bits per heavy atom. The second-order valence-corrected chi connectivity index (χ2v) is 5.07. The number of alkyl halides is 2. The fourth-order valence-corrected chi connectivity index (χ4v) is 2.14. The monoisotopic (exact) mass is 381 g/mol. The number of methoxy groups -OCH3 is 2. The molecule has 0 aliphatic carbocycles. The van der Waals surface area contributed by atoms with Gasteiger partial charge in [-0.2, -0.15) is 8.78 Å². The molecular formula is C18H17F2NO6. The Balaban J connectivity index is 1.97. The summed E-state index contributed by atoms with van der Waals surface area (Å²) in [5.41, 5.74) is 0.440. The van der Waals surface area contributed by atoms with E-state index in [2.05, 4.69) is 10.1 Å². The van der Waals surface area contributed by atoms with Crippen molar-refractivity contribution in [3.05, 3.63) is 48.0 Å². The van der Waals surface area contributed by atoms with Gasteiger partial charge in [-0.05, 0) is 30.3 Å². The van der Waals surface area contributed by atoms with Crippen molar-refractivity contribution >= 4 is 17.6 Å². The van der Waals surface area contributed by atoms with Crippen LogP contribution in [0.1, 0.15) is 10.4 Å². The van der Waals surface area contributed by atoms with Crippen LogP contribution in [-0.2, 0) is 9.53 Å². The van der Waals surface area contributed by atoms with Crippen LogP contribution in [0.2, 0.25) is 0 Å². The number of halogens is 2. The summed E-state index contributed by atoms with van der Waals surface area (Å²) < 4.78 is 43.8. The third kappa shape index (κ3) is 5.56. The molecule has 0 spiro atoms. The molecule has 0 saturated carbocycles. The maximum Gasteiger partial charge on any atom is 0.387 e. The maximum atomic E-state index is 12.3. The molecular weight excluding hydrogens is 364 g/mol. The number of nitrogens with one attached hydrogen (secondary N) is 1. The van der Waals surface area contributed by atoms with Gasteiger partial charge in [-0.15, -0.1) is 0 Å². The predicted octanol–water partition coefficient (Wildman–Crippen LogP) is 3.10. The van der Waals surface area contributed by atoms with Crippen LogP contribution in [0.3, 0.4) is 0 Å². The van der Waals surface area contributed by atoms with E-state index in [0.29, 0.717) is 11.4 Å². The van der Waals surface area contributed by atoms with E-state index >= 15 is 0 Å². The van der Waals surface area contributed by atoms with Crippen LogP contribution in [-0.4, -0.2) is 39.3 Å². The van der Waals surface area contributed by atoms with Crippen molar-refractivity contribution in [2.24, 2.45) is 0 Å². The molecule has 0 atom stereocenters. The van der Waals surface area contributed by atoms with Gasteiger partial charge in [0.15, 0.2) is 18.1 Å². The predicted molar refractivity (Wildman–Crippen MR) is 91.5 cm³/mol. The van der Waals surface area contributed by atoms with Gasteiger partial charge in [-0.1, -0.05) is 12.1 Å². The first-order valence-corrected chi connectivity index (χ1v) is 7.67. The van der Waals surface area contributed by atoms with Crippen molar-refractivity contribution in [3.8, 4) is 17.2 Å². The topological polar surface area (TPSA) is 83.1 Å². The summed E-state index contributed by atoms with van der Waals surface area (Å²) in [5, 5.41) is 2.55. The molecule has 7 nitrogen and oxygen atoms in total. The normalized spacial score (nSPS) is 10.3. The quantitative estimate of drug-likeness (QED) is 0.708. The van der Waals surface area contributed by atoms with Crippen LogP contribution in [0.5, 0.6) is 17.2 Å². The lowest BCUT2D eigenvalue weighted by molar-refractivity contribution is -0.119. The molecule has 9 heteroatoms. The van der Waals surface area contributed by atoms with Gasteiger partial charge in [0.05, 0.1) is 25.5 Å². The number of benzene rings is 2. The minimum Gasteiger partial charge on any atom is -0.495 e. The van der Waals surface area contributed by atoms with Crippen molar-refractivity contribution in [3.63, 3.8) is 0 Å².